The zero-order chi connectivity index (χ0) is 14.7. The first kappa shape index (κ1) is 15.1. The van der Waals surface area contributed by atoms with Crippen molar-refractivity contribution >= 4 is 5.91 Å². The van der Waals surface area contributed by atoms with Gasteiger partial charge < -0.3 is 19.8 Å². The van der Waals surface area contributed by atoms with Crippen molar-refractivity contribution in [3.05, 3.63) is 23.7 Å². The van der Waals surface area contributed by atoms with Crippen LogP contribution in [0.25, 0.3) is 0 Å². The first-order valence-electron chi connectivity index (χ1n) is 7.22. The summed E-state index contributed by atoms with van der Waals surface area (Å²) in [6, 6.07) is 3.93. The summed E-state index contributed by atoms with van der Waals surface area (Å²) >= 11 is 0. The monoisotopic (exact) mass is 280 g/mol. The Morgan fingerprint density at radius 3 is 2.70 bits per heavy atom. The van der Waals surface area contributed by atoms with Crippen LogP contribution in [0.15, 0.2) is 16.5 Å². The third-order valence-electron chi connectivity index (χ3n) is 3.67. The highest BCUT2D eigenvalue weighted by molar-refractivity contribution is 5.81. The molecule has 5 heteroatoms. The predicted octanol–water partition coefficient (Wildman–Crippen LogP) is 1.83. The number of nitrogens with zero attached hydrogens (tertiary/aromatic N) is 1. The first-order valence-corrected chi connectivity index (χ1v) is 7.22. The summed E-state index contributed by atoms with van der Waals surface area (Å²) in [4.78, 5) is 14.4. The van der Waals surface area contributed by atoms with Crippen molar-refractivity contribution in [2.45, 2.75) is 58.4 Å². The molecule has 1 amide bonds. The summed E-state index contributed by atoms with van der Waals surface area (Å²) in [6.07, 6.45) is 1.27. The molecular formula is C15H24N2O3. The van der Waals surface area contributed by atoms with Gasteiger partial charge >= 0.3 is 0 Å². The fourth-order valence-electron chi connectivity index (χ4n) is 2.50. The van der Waals surface area contributed by atoms with E-state index < -0.39 is 0 Å². The normalized spacial score (nSPS) is 22.4. The van der Waals surface area contributed by atoms with Gasteiger partial charge in [0.2, 0.25) is 0 Å². The summed E-state index contributed by atoms with van der Waals surface area (Å²) in [7, 11) is 0. The van der Waals surface area contributed by atoms with E-state index in [-0.39, 0.29) is 24.2 Å². The molecule has 0 radical (unpaired) electrons. The second-order valence-electron chi connectivity index (χ2n) is 5.63. The van der Waals surface area contributed by atoms with E-state index in [4.69, 9.17) is 14.9 Å². The van der Waals surface area contributed by atoms with Gasteiger partial charge in [-0.25, -0.2) is 0 Å². The SMILES string of the molecule is Cc1ccc(CN(C(=O)C2CCC(CN)O2)C(C)C)o1. The lowest BCUT2D eigenvalue weighted by Crippen LogP contribution is -2.43. The topological polar surface area (TPSA) is 68.7 Å². The number of ether oxygens (including phenoxy) is 1. The van der Waals surface area contributed by atoms with Crippen LogP contribution in [0.2, 0.25) is 0 Å². The van der Waals surface area contributed by atoms with Crippen LogP contribution in [0, 0.1) is 6.92 Å². The van der Waals surface area contributed by atoms with E-state index in [0.717, 1.165) is 24.4 Å². The zero-order valence-electron chi connectivity index (χ0n) is 12.5. The minimum atomic E-state index is -0.359. The molecule has 1 aliphatic rings. The molecule has 20 heavy (non-hydrogen) atoms. The van der Waals surface area contributed by atoms with Gasteiger partial charge in [-0.05, 0) is 45.7 Å². The quantitative estimate of drug-likeness (QED) is 0.893. The minimum Gasteiger partial charge on any atom is -0.464 e. The van der Waals surface area contributed by atoms with Gasteiger partial charge in [-0.1, -0.05) is 0 Å². The maximum atomic E-state index is 12.6. The van der Waals surface area contributed by atoms with Crippen LogP contribution in [0.4, 0.5) is 0 Å². The van der Waals surface area contributed by atoms with Gasteiger partial charge in [0.05, 0.1) is 12.6 Å². The molecule has 1 aromatic rings. The van der Waals surface area contributed by atoms with Crippen molar-refractivity contribution in [2.75, 3.05) is 6.54 Å². The van der Waals surface area contributed by atoms with E-state index >= 15 is 0 Å². The van der Waals surface area contributed by atoms with E-state index in [1.165, 1.54) is 0 Å². The van der Waals surface area contributed by atoms with Crippen LogP contribution in [0.5, 0.6) is 0 Å². The van der Waals surface area contributed by atoms with Gasteiger partial charge in [0.25, 0.3) is 5.91 Å². The lowest BCUT2D eigenvalue weighted by Gasteiger charge is -2.28. The second-order valence-corrected chi connectivity index (χ2v) is 5.63. The number of rotatable bonds is 5. The number of carbonyl (C=O) groups excluding carboxylic acids is 1. The molecule has 2 heterocycles. The molecule has 5 nitrogen and oxygen atoms in total. The van der Waals surface area contributed by atoms with Crippen LogP contribution in [0.1, 0.15) is 38.2 Å². The Bertz CT molecular complexity index is 456. The standard InChI is InChI=1S/C15H24N2O3/c1-10(2)17(9-13-5-4-11(3)19-13)15(18)14-7-6-12(8-16)20-14/h4-5,10,12,14H,6-9,16H2,1-3H3. The predicted molar refractivity (Wildman–Crippen MR) is 76.1 cm³/mol. The van der Waals surface area contributed by atoms with Crippen molar-refractivity contribution in [3.63, 3.8) is 0 Å². The fourth-order valence-corrected chi connectivity index (χ4v) is 2.50. The molecule has 0 saturated carbocycles. The average Bonchev–Trinajstić information content (AvgIpc) is 3.03. The molecule has 1 aromatic heterocycles. The number of hydrogen-bond donors (Lipinski definition) is 1. The van der Waals surface area contributed by atoms with Gasteiger partial charge in [-0.3, -0.25) is 4.79 Å². The molecule has 0 bridgehead atoms. The number of aryl methyl sites for hydroxylation is 1. The van der Waals surface area contributed by atoms with Gasteiger partial charge in [0.1, 0.15) is 17.6 Å². The summed E-state index contributed by atoms with van der Waals surface area (Å²) in [5.74, 6) is 1.69. The molecule has 2 rings (SSSR count). The molecule has 1 fully saturated rings. The Balaban J connectivity index is 2.03. The summed E-state index contributed by atoms with van der Waals surface area (Å²) in [6.45, 7) is 6.86. The number of carbonyl (C=O) groups is 1. The molecule has 112 valence electrons. The third-order valence-corrected chi connectivity index (χ3v) is 3.67. The molecule has 1 aliphatic heterocycles. The maximum absolute atomic E-state index is 12.6. The molecule has 1 saturated heterocycles. The summed E-state index contributed by atoms with van der Waals surface area (Å²) < 4.78 is 11.3. The van der Waals surface area contributed by atoms with Crippen molar-refractivity contribution in [3.8, 4) is 0 Å². The van der Waals surface area contributed by atoms with Crippen molar-refractivity contribution in [2.24, 2.45) is 5.73 Å². The Morgan fingerprint density at radius 1 is 1.45 bits per heavy atom. The highest BCUT2D eigenvalue weighted by atomic mass is 16.5. The van der Waals surface area contributed by atoms with Gasteiger partial charge in [-0.2, -0.15) is 0 Å². The zero-order valence-corrected chi connectivity index (χ0v) is 12.5. The average molecular weight is 280 g/mol. The van der Waals surface area contributed by atoms with Crippen LogP contribution in [0.3, 0.4) is 0 Å². The van der Waals surface area contributed by atoms with Crippen LogP contribution < -0.4 is 5.73 Å². The number of hydrogen-bond acceptors (Lipinski definition) is 4. The minimum absolute atomic E-state index is 0.0174. The van der Waals surface area contributed by atoms with Crippen LogP contribution in [-0.4, -0.2) is 35.6 Å². The molecule has 0 aromatic carbocycles. The molecule has 2 atom stereocenters. The molecule has 2 unspecified atom stereocenters. The van der Waals surface area contributed by atoms with E-state index in [1.807, 2.05) is 37.8 Å². The van der Waals surface area contributed by atoms with Gasteiger partial charge in [0.15, 0.2) is 0 Å². The molecule has 0 aliphatic carbocycles. The number of amides is 1. The van der Waals surface area contributed by atoms with E-state index in [1.54, 1.807) is 0 Å². The Morgan fingerprint density at radius 2 is 2.20 bits per heavy atom. The van der Waals surface area contributed by atoms with Gasteiger partial charge in [0, 0.05) is 12.6 Å². The third kappa shape index (κ3) is 3.41. The Kier molecular flexibility index (Phi) is 4.83. The van der Waals surface area contributed by atoms with E-state index in [0.29, 0.717) is 13.1 Å². The first-order chi connectivity index (χ1) is 9.51. The Hall–Kier alpha value is -1.33. The Labute approximate surface area is 120 Å². The number of nitrogens with two attached hydrogens (primary N) is 1. The summed E-state index contributed by atoms with van der Waals surface area (Å²) in [5.41, 5.74) is 5.59. The second kappa shape index (κ2) is 6.41. The summed E-state index contributed by atoms with van der Waals surface area (Å²) in [5, 5.41) is 0. The van der Waals surface area contributed by atoms with Crippen LogP contribution >= 0.6 is 0 Å². The van der Waals surface area contributed by atoms with Crippen molar-refractivity contribution in [1.29, 1.82) is 0 Å². The highest BCUT2D eigenvalue weighted by Crippen LogP contribution is 2.23. The largest absolute Gasteiger partial charge is 0.464 e. The lowest BCUT2D eigenvalue weighted by molar-refractivity contribution is -0.145. The van der Waals surface area contributed by atoms with E-state index in [2.05, 4.69) is 0 Å². The lowest BCUT2D eigenvalue weighted by atomic mass is 10.1. The molecule has 2 N–H and O–H groups in total. The fraction of sp³-hybridized carbons (Fsp3) is 0.667. The van der Waals surface area contributed by atoms with Gasteiger partial charge in [-0.15, -0.1) is 0 Å². The highest BCUT2D eigenvalue weighted by Gasteiger charge is 2.34. The van der Waals surface area contributed by atoms with Crippen LogP contribution in [-0.2, 0) is 16.1 Å². The maximum Gasteiger partial charge on any atom is 0.252 e. The molecular weight excluding hydrogens is 256 g/mol. The van der Waals surface area contributed by atoms with Crippen molar-refractivity contribution in [1.82, 2.24) is 4.90 Å². The van der Waals surface area contributed by atoms with Crippen molar-refractivity contribution < 1.29 is 13.9 Å². The number of furan rings is 1. The molecule has 0 spiro atoms. The smallest absolute Gasteiger partial charge is 0.252 e. The van der Waals surface area contributed by atoms with E-state index in [9.17, 15) is 4.79 Å².